The van der Waals surface area contributed by atoms with E-state index in [1.807, 2.05) is 12.1 Å². The molecule has 0 amide bonds. The summed E-state index contributed by atoms with van der Waals surface area (Å²) < 4.78 is 27.2. The summed E-state index contributed by atoms with van der Waals surface area (Å²) in [6, 6.07) is 7.34. The first-order chi connectivity index (χ1) is 10.00. The Morgan fingerprint density at radius 1 is 1.05 bits per heavy atom. The van der Waals surface area contributed by atoms with Gasteiger partial charge in [-0.3, -0.25) is 4.90 Å². The van der Waals surface area contributed by atoms with Crippen LogP contribution in [0.3, 0.4) is 0 Å². The second-order valence-corrected chi connectivity index (χ2v) is 9.07. The average Bonchev–Trinajstić information content (AvgIpc) is 2.33. The lowest BCUT2D eigenvalue weighted by Crippen LogP contribution is -2.57. The van der Waals surface area contributed by atoms with Crippen molar-refractivity contribution in [1.29, 1.82) is 0 Å². The molecule has 0 atom stereocenters. The number of piperidine rings is 1. The topological polar surface area (TPSA) is 46.6 Å². The van der Waals surface area contributed by atoms with Crippen molar-refractivity contribution < 1.29 is 12.6 Å². The van der Waals surface area contributed by atoms with Gasteiger partial charge >= 0.3 is 10.1 Å². The molecule has 5 heteroatoms. The van der Waals surface area contributed by atoms with Crippen molar-refractivity contribution in [3.05, 3.63) is 29.8 Å². The van der Waals surface area contributed by atoms with E-state index < -0.39 is 10.1 Å². The van der Waals surface area contributed by atoms with E-state index in [1.165, 1.54) is 24.8 Å². The molecule has 0 N–H and O–H groups in total. The van der Waals surface area contributed by atoms with E-state index in [-0.39, 0.29) is 11.1 Å². The molecule has 0 bridgehead atoms. The van der Waals surface area contributed by atoms with E-state index >= 15 is 0 Å². The molecule has 4 nitrogen and oxygen atoms in total. The molecule has 1 aliphatic rings. The van der Waals surface area contributed by atoms with Gasteiger partial charge in [-0.25, -0.2) is 0 Å². The zero-order chi connectivity index (χ0) is 16.6. The summed E-state index contributed by atoms with van der Waals surface area (Å²) in [5.74, 6) is 0.364. The fourth-order valence-corrected chi connectivity index (χ4v) is 3.94. The van der Waals surface area contributed by atoms with E-state index in [2.05, 4.69) is 32.6 Å². The number of hydrogen-bond acceptors (Lipinski definition) is 4. The molecule has 124 valence electrons. The van der Waals surface area contributed by atoms with Crippen LogP contribution in [0, 0.1) is 0 Å². The SMILES string of the molecule is CC1(C)CCCC(C)(C)N1Cc1ccc(OS(C)(=O)=O)cc1. The lowest BCUT2D eigenvalue weighted by atomic mass is 9.79. The standard InChI is InChI=1S/C17H27NO3S/c1-16(2)11-6-12-17(3,4)18(16)13-14-7-9-15(10-8-14)21-22(5,19)20/h7-10H,6,11-13H2,1-5H3. The average molecular weight is 325 g/mol. The molecule has 0 spiro atoms. The summed E-state index contributed by atoms with van der Waals surface area (Å²) in [7, 11) is -3.46. The van der Waals surface area contributed by atoms with E-state index in [9.17, 15) is 8.42 Å². The van der Waals surface area contributed by atoms with Crippen molar-refractivity contribution >= 4 is 10.1 Å². The van der Waals surface area contributed by atoms with Gasteiger partial charge in [0.2, 0.25) is 0 Å². The van der Waals surface area contributed by atoms with Crippen molar-refractivity contribution in [3.63, 3.8) is 0 Å². The Balaban J connectivity index is 2.15. The lowest BCUT2D eigenvalue weighted by molar-refractivity contribution is -0.0340. The number of hydrogen-bond donors (Lipinski definition) is 0. The van der Waals surface area contributed by atoms with Crippen LogP contribution in [0.25, 0.3) is 0 Å². The Bertz CT molecular complexity index is 602. The highest BCUT2D eigenvalue weighted by Gasteiger charge is 2.40. The van der Waals surface area contributed by atoms with Gasteiger partial charge < -0.3 is 4.18 Å². The molecule has 22 heavy (non-hydrogen) atoms. The molecule has 1 aliphatic heterocycles. The van der Waals surface area contributed by atoms with Crippen molar-refractivity contribution in [3.8, 4) is 5.75 Å². The Hall–Kier alpha value is -1.07. The monoisotopic (exact) mass is 325 g/mol. The first kappa shape index (κ1) is 17.3. The molecule has 1 heterocycles. The Morgan fingerprint density at radius 3 is 2.00 bits per heavy atom. The molecule has 2 rings (SSSR count). The summed E-state index contributed by atoms with van der Waals surface area (Å²) >= 11 is 0. The van der Waals surface area contributed by atoms with Gasteiger partial charge in [0.25, 0.3) is 0 Å². The summed E-state index contributed by atoms with van der Waals surface area (Å²) in [4.78, 5) is 2.55. The Labute approximate surface area is 134 Å². The quantitative estimate of drug-likeness (QED) is 0.794. The van der Waals surface area contributed by atoms with Gasteiger partial charge in [0.05, 0.1) is 6.26 Å². The Morgan fingerprint density at radius 2 is 1.55 bits per heavy atom. The van der Waals surface area contributed by atoms with E-state index in [4.69, 9.17) is 4.18 Å². The van der Waals surface area contributed by atoms with Crippen LogP contribution in [0.2, 0.25) is 0 Å². The summed E-state index contributed by atoms with van der Waals surface area (Å²) in [5, 5.41) is 0. The molecule has 1 aromatic rings. The van der Waals surface area contributed by atoms with Gasteiger partial charge in [0.15, 0.2) is 0 Å². The van der Waals surface area contributed by atoms with E-state index in [0.717, 1.165) is 12.8 Å². The molecule has 0 saturated carbocycles. The maximum absolute atomic E-state index is 11.1. The normalized spacial score (nSPS) is 21.5. The molecular formula is C17H27NO3S. The number of benzene rings is 1. The van der Waals surface area contributed by atoms with Crippen molar-refractivity contribution in [1.82, 2.24) is 4.90 Å². The number of nitrogens with zero attached hydrogens (tertiary/aromatic N) is 1. The molecule has 1 aromatic carbocycles. The van der Waals surface area contributed by atoms with Gasteiger partial charge in [-0.1, -0.05) is 12.1 Å². The minimum Gasteiger partial charge on any atom is -0.383 e. The molecular weight excluding hydrogens is 298 g/mol. The first-order valence-electron chi connectivity index (χ1n) is 7.76. The maximum atomic E-state index is 11.1. The summed E-state index contributed by atoms with van der Waals surface area (Å²) in [5.41, 5.74) is 1.51. The van der Waals surface area contributed by atoms with E-state index in [0.29, 0.717) is 5.75 Å². The largest absolute Gasteiger partial charge is 0.383 e. The van der Waals surface area contributed by atoms with Crippen LogP contribution in [-0.4, -0.2) is 30.7 Å². The molecule has 0 aliphatic carbocycles. The second-order valence-electron chi connectivity index (χ2n) is 7.50. The fourth-order valence-electron chi connectivity index (χ4n) is 3.48. The highest BCUT2D eigenvalue weighted by Crippen LogP contribution is 2.39. The summed E-state index contributed by atoms with van der Waals surface area (Å²) in [6.07, 6.45) is 4.72. The molecule has 0 aromatic heterocycles. The predicted molar refractivity (Wildman–Crippen MR) is 89.5 cm³/mol. The lowest BCUT2D eigenvalue weighted by Gasteiger charge is -2.53. The number of rotatable bonds is 4. The van der Waals surface area contributed by atoms with Crippen LogP contribution in [0.5, 0.6) is 5.75 Å². The van der Waals surface area contributed by atoms with Gasteiger partial charge in [0, 0.05) is 17.6 Å². The van der Waals surface area contributed by atoms with Gasteiger partial charge in [-0.15, -0.1) is 0 Å². The third-order valence-electron chi connectivity index (χ3n) is 4.55. The first-order valence-corrected chi connectivity index (χ1v) is 9.57. The summed E-state index contributed by atoms with van der Waals surface area (Å²) in [6.45, 7) is 10.1. The van der Waals surface area contributed by atoms with Crippen LogP contribution in [-0.2, 0) is 16.7 Å². The van der Waals surface area contributed by atoms with Gasteiger partial charge in [0.1, 0.15) is 5.75 Å². The van der Waals surface area contributed by atoms with Crippen molar-refractivity contribution in [2.75, 3.05) is 6.26 Å². The third-order valence-corrected chi connectivity index (χ3v) is 5.05. The van der Waals surface area contributed by atoms with Crippen LogP contribution in [0.1, 0.15) is 52.5 Å². The van der Waals surface area contributed by atoms with Crippen LogP contribution in [0.4, 0.5) is 0 Å². The highest BCUT2D eigenvalue weighted by atomic mass is 32.2. The minimum atomic E-state index is -3.46. The van der Waals surface area contributed by atoms with Gasteiger partial charge in [-0.05, 0) is 64.7 Å². The fraction of sp³-hybridized carbons (Fsp3) is 0.647. The molecule has 1 saturated heterocycles. The third kappa shape index (κ3) is 4.23. The maximum Gasteiger partial charge on any atom is 0.306 e. The van der Waals surface area contributed by atoms with Crippen molar-refractivity contribution in [2.45, 2.75) is 64.6 Å². The zero-order valence-electron chi connectivity index (χ0n) is 14.2. The predicted octanol–water partition coefficient (Wildman–Crippen LogP) is 3.57. The smallest absolute Gasteiger partial charge is 0.306 e. The second kappa shape index (κ2) is 5.85. The van der Waals surface area contributed by atoms with E-state index in [1.54, 1.807) is 12.1 Å². The minimum absolute atomic E-state index is 0.170. The Kier molecular flexibility index (Phi) is 4.60. The van der Waals surface area contributed by atoms with Crippen LogP contribution in [0.15, 0.2) is 24.3 Å². The van der Waals surface area contributed by atoms with Crippen LogP contribution < -0.4 is 4.18 Å². The molecule has 1 fully saturated rings. The molecule has 0 radical (unpaired) electrons. The van der Waals surface area contributed by atoms with Crippen molar-refractivity contribution in [2.24, 2.45) is 0 Å². The highest BCUT2D eigenvalue weighted by molar-refractivity contribution is 7.86. The number of likely N-dealkylation sites (tertiary alicyclic amines) is 1. The molecule has 0 unspecified atom stereocenters. The van der Waals surface area contributed by atoms with Crippen LogP contribution >= 0.6 is 0 Å². The van der Waals surface area contributed by atoms with Gasteiger partial charge in [-0.2, -0.15) is 8.42 Å². The zero-order valence-corrected chi connectivity index (χ0v) is 15.0.